The molecule has 2 aliphatic rings. The average molecular weight is 544 g/mol. The van der Waals surface area contributed by atoms with E-state index in [4.69, 9.17) is 20.7 Å². The summed E-state index contributed by atoms with van der Waals surface area (Å²) in [5.41, 5.74) is 7.13. The SMILES string of the molecule is Cc1cc([C@@H](C)Nc2ccc(Cl)nc2-c2ccc3c(c2)B(O)OC3)c2oc(N3CCCCC3)c(C)c(=O)c2c1. The summed E-state index contributed by atoms with van der Waals surface area (Å²) in [6, 6.07) is 13.2. The fraction of sp³-hybridized carbons (Fsp3) is 0.333. The second kappa shape index (κ2) is 10.3. The van der Waals surface area contributed by atoms with Crippen LogP contribution < -0.4 is 21.1 Å². The van der Waals surface area contributed by atoms with E-state index in [2.05, 4.69) is 21.3 Å². The molecule has 2 N–H and O–H groups in total. The molecule has 0 bridgehead atoms. The van der Waals surface area contributed by atoms with Crippen LogP contribution in [0.2, 0.25) is 5.15 Å². The standard InChI is InChI=1S/C30H31BClN3O4/c1-17-13-22(29-23(14-17)28(36)18(2)30(39-29)35-11-5-4-6-12-35)19(3)33-25-9-10-26(32)34-27(25)20-7-8-21-16-38-31(37)24(21)15-20/h7-10,13-15,19,33,37H,4-6,11-12,16H2,1-3H3/t19-/m1/s1. The minimum atomic E-state index is -0.950. The quantitative estimate of drug-likeness (QED) is 0.254. The summed E-state index contributed by atoms with van der Waals surface area (Å²) in [5.74, 6) is 0.678. The highest BCUT2D eigenvalue weighted by Gasteiger charge is 2.28. The molecule has 0 saturated carbocycles. The zero-order valence-electron chi connectivity index (χ0n) is 22.4. The van der Waals surface area contributed by atoms with Crippen molar-refractivity contribution in [1.29, 1.82) is 0 Å². The maximum atomic E-state index is 13.5. The Morgan fingerprint density at radius 2 is 1.90 bits per heavy atom. The number of pyridine rings is 1. The zero-order chi connectivity index (χ0) is 27.3. The number of halogens is 1. The van der Waals surface area contributed by atoms with E-state index in [-0.39, 0.29) is 11.5 Å². The first-order valence-electron chi connectivity index (χ1n) is 13.5. The molecule has 0 spiro atoms. The van der Waals surface area contributed by atoms with Crippen LogP contribution in [0.4, 0.5) is 11.6 Å². The molecular formula is C30H31BClN3O4. The van der Waals surface area contributed by atoms with Crippen LogP contribution in [-0.2, 0) is 11.3 Å². The van der Waals surface area contributed by atoms with Crippen LogP contribution >= 0.6 is 11.6 Å². The van der Waals surface area contributed by atoms with Gasteiger partial charge in [0, 0.05) is 24.2 Å². The highest BCUT2D eigenvalue weighted by Crippen LogP contribution is 2.35. The molecule has 4 aromatic rings. The first-order chi connectivity index (χ1) is 18.8. The van der Waals surface area contributed by atoms with E-state index in [1.165, 1.54) is 6.42 Å². The molecule has 1 fully saturated rings. The Balaban J connectivity index is 1.42. The van der Waals surface area contributed by atoms with E-state index in [1.807, 2.05) is 51.1 Å². The van der Waals surface area contributed by atoms with Gasteiger partial charge in [-0.05, 0) is 74.8 Å². The van der Waals surface area contributed by atoms with Crippen LogP contribution in [0.3, 0.4) is 0 Å². The minimum absolute atomic E-state index is 0.0155. The molecule has 1 atom stereocenters. The van der Waals surface area contributed by atoms with Crippen LogP contribution in [0.5, 0.6) is 0 Å². The summed E-state index contributed by atoms with van der Waals surface area (Å²) in [4.78, 5) is 20.3. The van der Waals surface area contributed by atoms with Gasteiger partial charge in [0.2, 0.25) is 5.88 Å². The number of hydrogen-bond donors (Lipinski definition) is 2. The molecule has 0 unspecified atom stereocenters. The van der Waals surface area contributed by atoms with Gasteiger partial charge in [0.05, 0.1) is 35.0 Å². The summed E-state index contributed by atoms with van der Waals surface area (Å²) < 4.78 is 11.9. The maximum absolute atomic E-state index is 13.5. The Morgan fingerprint density at radius 1 is 1.10 bits per heavy atom. The lowest BCUT2D eigenvalue weighted by Crippen LogP contribution is -2.31. The van der Waals surface area contributed by atoms with E-state index in [0.717, 1.165) is 59.3 Å². The molecule has 2 aliphatic heterocycles. The Labute approximate surface area is 232 Å². The highest BCUT2D eigenvalue weighted by molar-refractivity contribution is 6.61. The highest BCUT2D eigenvalue weighted by atomic mass is 35.5. The number of aromatic nitrogens is 1. The number of nitrogens with zero attached hydrogens (tertiary/aromatic N) is 2. The van der Waals surface area contributed by atoms with Crippen LogP contribution in [0.15, 0.2) is 51.7 Å². The van der Waals surface area contributed by atoms with Gasteiger partial charge < -0.3 is 24.3 Å². The number of hydrogen-bond acceptors (Lipinski definition) is 7. The molecule has 1 saturated heterocycles. The monoisotopic (exact) mass is 543 g/mol. The summed E-state index contributed by atoms with van der Waals surface area (Å²) in [7, 11) is -0.950. The van der Waals surface area contributed by atoms with Gasteiger partial charge in [-0.25, -0.2) is 4.98 Å². The topological polar surface area (TPSA) is 87.8 Å². The lowest BCUT2D eigenvalue weighted by molar-refractivity contribution is 0.275. The van der Waals surface area contributed by atoms with Gasteiger partial charge in [0.15, 0.2) is 5.43 Å². The normalized spacial score (nSPS) is 16.0. The van der Waals surface area contributed by atoms with Crippen molar-refractivity contribution in [3.63, 3.8) is 0 Å². The first-order valence-corrected chi connectivity index (χ1v) is 13.9. The zero-order valence-corrected chi connectivity index (χ0v) is 23.1. The van der Waals surface area contributed by atoms with Crippen molar-refractivity contribution in [3.8, 4) is 11.3 Å². The van der Waals surface area contributed by atoms with Crippen molar-refractivity contribution in [2.24, 2.45) is 0 Å². The summed E-state index contributed by atoms with van der Waals surface area (Å²) >= 11 is 6.32. The number of anilines is 2. The van der Waals surface area contributed by atoms with E-state index in [0.29, 0.717) is 39.9 Å². The Kier molecular flexibility index (Phi) is 6.87. The molecule has 0 amide bonds. The molecule has 2 aromatic heterocycles. The number of benzene rings is 2. The van der Waals surface area contributed by atoms with Crippen molar-refractivity contribution >= 4 is 46.7 Å². The Bertz CT molecular complexity index is 1630. The lowest BCUT2D eigenvalue weighted by Gasteiger charge is -2.29. The number of nitrogens with one attached hydrogen (secondary N) is 1. The minimum Gasteiger partial charge on any atom is -0.440 e. The molecule has 0 radical (unpaired) electrons. The number of piperidine rings is 1. The second-order valence-corrected chi connectivity index (χ2v) is 11.0. The molecule has 39 heavy (non-hydrogen) atoms. The fourth-order valence-electron chi connectivity index (χ4n) is 5.72. The van der Waals surface area contributed by atoms with Gasteiger partial charge in [-0.2, -0.15) is 0 Å². The van der Waals surface area contributed by atoms with Gasteiger partial charge in [0.25, 0.3) is 0 Å². The number of rotatable bonds is 5. The molecular weight excluding hydrogens is 513 g/mol. The van der Waals surface area contributed by atoms with Gasteiger partial charge in [-0.3, -0.25) is 4.79 Å². The molecule has 7 nitrogen and oxygen atoms in total. The van der Waals surface area contributed by atoms with Crippen molar-refractivity contribution in [2.75, 3.05) is 23.3 Å². The maximum Gasteiger partial charge on any atom is 0.491 e. The summed E-state index contributed by atoms with van der Waals surface area (Å²) in [6.07, 6.45) is 3.39. The van der Waals surface area contributed by atoms with Crippen LogP contribution in [0.25, 0.3) is 22.2 Å². The van der Waals surface area contributed by atoms with Crippen LogP contribution in [-0.4, -0.2) is 30.2 Å². The fourth-order valence-corrected chi connectivity index (χ4v) is 5.87. The van der Waals surface area contributed by atoms with Crippen molar-refractivity contribution < 1.29 is 14.1 Å². The van der Waals surface area contributed by atoms with Crippen molar-refractivity contribution in [2.45, 2.75) is 52.7 Å². The van der Waals surface area contributed by atoms with E-state index in [9.17, 15) is 9.82 Å². The second-order valence-electron chi connectivity index (χ2n) is 10.6. The molecule has 6 rings (SSSR count). The third kappa shape index (κ3) is 4.82. The molecule has 0 aliphatic carbocycles. The van der Waals surface area contributed by atoms with Gasteiger partial charge in [-0.15, -0.1) is 0 Å². The van der Waals surface area contributed by atoms with Crippen LogP contribution in [0, 0.1) is 13.8 Å². The van der Waals surface area contributed by atoms with E-state index >= 15 is 0 Å². The largest absolute Gasteiger partial charge is 0.491 e. The third-order valence-electron chi connectivity index (χ3n) is 7.79. The third-order valence-corrected chi connectivity index (χ3v) is 8.00. The smallest absolute Gasteiger partial charge is 0.440 e. The molecule has 2 aromatic carbocycles. The molecule has 200 valence electrons. The predicted molar refractivity (Wildman–Crippen MR) is 157 cm³/mol. The molecule has 9 heteroatoms. The Morgan fingerprint density at radius 3 is 2.69 bits per heavy atom. The lowest BCUT2D eigenvalue weighted by atomic mass is 9.78. The van der Waals surface area contributed by atoms with Gasteiger partial charge in [-0.1, -0.05) is 35.9 Å². The van der Waals surface area contributed by atoms with Gasteiger partial charge in [0.1, 0.15) is 10.7 Å². The van der Waals surface area contributed by atoms with Crippen LogP contribution in [0.1, 0.15) is 54.5 Å². The Hall–Kier alpha value is -3.33. The predicted octanol–water partition coefficient (Wildman–Crippen LogP) is 5.51. The first kappa shape index (κ1) is 25.9. The van der Waals surface area contributed by atoms with Crippen molar-refractivity contribution in [3.05, 3.63) is 80.1 Å². The average Bonchev–Trinajstić information content (AvgIpc) is 3.31. The van der Waals surface area contributed by atoms with E-state index in [1.54, 1.807) is 6.07 Å². The van der Waals surface area contributed by atoms with E-state index < -0.39 is 7.12 Å². The summed E-state index contributed by atoms with van der Waals surface area (Å²) in [5, 5.41) is 14.8. The van der Waals surface area contributed by atoms with Gasteiger partial charge >= 0.3 is 7.12 Å². The van der Waals surface area contributed by atoms with Crippen molar-refractivity contribution in [1.82, 2.24) is 4.98 Å². The number of aryl methyl sites for hydroxylation is 1. The molecule has 4 heterocycles. The number of fused-ring (bicyclic) bond motifs is 2. The summed E-state index contributed by atoms with van der Waals surface area (Å²) in [6.45, 7) is 8.08.